The van der Waals surface area contributed by atoms with Gasteiger partial charge < -0.3 is 18.6 Å². The second-order valence-electron chi connectivity index (χ2n) is 16.8. The monoisotopic (exact) mass is 801 g/mol. The van der Waals surface area contributed by atoms with Gasteiger partial charge in [0.2, 0.25) is 0 Å². The molecule has 9 aromatic carbocycles. The van der Waals surface area contributed by atoms with Crippen molar-refractivity contribution in [3.8, 4) is 6.07 Å². The third kappa shape index (κ3) is 6.06. The van der Waals surface area contributed by atoms with Crippen LogP contribution in [0.15, 0.2) is 185 Å². The molecule has 11 rings (SSSR count). The van der Waals surface area contributed by atoms with E-state index in [4.69, 9.17) is 8.83 Å². The molecule has 0 aliphatic heterocycles. The maximum Gasteiger partial charge on any atom is 0.157 e. The van der Waals surface area contributed by atoms with Gasteiger partial charge in [0.15, 0.2) is 11.2 Å². The van der Waals surface area contributed by atoms with Crippen LogP contribution in [-0.4, -0.2) is 0 Å². The van der Waals surface area contributed by atoms with Gasteiger partial charge in [0.1, 0.15) is 22.8 Å². The van der Waals surface area contributed by atoms with Crippen molar-refractivity contribution in [2.24, 2.45) is 0 Å². The zero-order chi connectivity index (χ0) is 42.1. The molecule has 62 heavy (non-hydrogen) atoms. The van der Waals surface area contributed by atoms with Crippen molar-refractivity contribution in [3.63, 3.8) is 0 Å². The summed E-state index contributed by atoms with van der Waals surface area (Å²) in [6, 6.07) is 64.8. The summed E-state index contributed by atoms with van der Waals surface area (Å²) in [4.78, 5) is 4.67. The molecule has 0 fully saturated rings. The van der Waals surface area contributed by atoms with Gasteiger partial charge in [0.25, 0.3) is 0 Å². The Morgan fingerprint density at radius 1 is 0.403 bits per heavy atom. The van der Waals surface area contributed by atoms with E-state index in [2.05, 4.69) is 219 Å². The molecule has 0 bridgehead atoms. The molecule has 0 radical (unpaired) electrons. The molecule has 0 saturated heterocycles. The topological polar surface area (TPSA) is 56.6 Å². The first-order chi connectivity index (χ1) is 30.3. The SMILES string of the molecule is CC(C)c1ccccc1N(c1ccccc1)c1ccc2cc3c(cc2c1)oc1c(C#N)c2oc4cc5cc(N(c6ccccc6)c6ccccc6C(C)C)ccc5cc4c2cc13. The number of nitriles is 1. The molecule has 2 heterocycles. The van der Waals surface area contributed by atoms with Gasteiger partial charge in [-0.15, -0.1) is 0 Å². The highest BCUT2D eigenvalue weighted by Gasteiger charge is 2.23. The third-order valence-corrected chi connectivity index (χ3v) is 12.3. The van der Waals surface area contributed by atoms with Gasteiger partial charge in [-0.05, 0) is 136 Å². The maximum atomic E-state index is 10.7. The third-order valence-electron chi connectivity index (χ3n) is 12.3. The molecule has 298 valence electrons. The van der Waals surface area contributed by atoms with Gasteiger partial charge in [-0.1, -0.05) is 113 Å². The average molecular weight is 802 g/mol. The fraction of sp³-hybridized carbons (Fsp3) is 0.105. The van der Waals surface area contributed by atoms with E-state index in [0.29, 0.717) is 28.6 Å². The molecule has 0 aliphatic carbocycles. The predicted octanol–water partition coefficient (Wildman–Crippen LogP) is 16.8. The lowest BCUT2D eigenvalue weighted by Gasteiger charge is -2.29. The number of rotatable bonds is 8. The van der Waals surface area contributed by atoms with Gasteiger partial charge in [0.05, 0.1) is 0 Å². The quantitative estimate of drug-likeness (QED) is 0.153. The van der Waals surface area contributed by atoms with Crippen molar-refractivity contribution < 1.29 is 8.83 Å². The van der Waals surface area contributed by atoms with Crippen molar-refractivity contribution in [2.75, 3.05) is 9.80 Å². The van der Waals surface area contributed by atoms with Crippen LogP contribution in [0.25, 0.3) is 65.4 Å². The minimum atomic E-state index is 0.348. The van der Waals surface area contributed by atoms with Crippen LogP contribution in [0.4, 0.5) is 34.1 Å². The molecule has 5 heteroatoms. The zero-order valence-corrected chi connectivity index (χ0v) is 35.1. The van der Waals surface area contributed by atoms with Crippen LogP contribution in [0.5, 0.6) is 0 Å². The normalized spacial score (nSPS) is 11.8. The Hall–Kier alpha value is -7.81. The molecule has 0 N–H and O–H groups in total. The molecular weight excluding hydrogens is 759 g/mol. The van der Waals surface area contributed by atoms with Crippen LogP contribution in [-0.2, 0) is 0 Å². The Kier molecular flexibility index (Phi) is 8.84. The number of hydrogen-bond donors (Lipinski definition) is 0. The summed E-state index contributed by atoms with van der Waals surface area (Å²) in [5.41, 5.74) is 12.1. The predicted molar refractivity (Wildman–Crippen MR) is 258 cm³/mol. The molecular formula is C57H43N3O2. The van der Waals surface area contributed by atoms with Crippen molar-refractivity contribution in [3.05, 3.63) is 193 Å². The van der Waals surface area contributed by atoms with Crippen LogP contribution >= 0.6 is 0 Å². The molecule has 5 nitrogen and oxygen atoms in total. The highest BCUT2D eigenvalue weighted by atomic mass is 16.3. The summed E-state index contributed by atoms with van der Waals surface area (Å²) >= 11 is 0. The first kappa shape index (κ1) is 37.2. The van der Waals surface area contributed by atoms with Crippen LogP contribution in [0, 0.1) is 11.3 Å². The van der Waals surface area contributed by atoms with E-state index in [1.54, 1.807) is 0 Å². The van der Waals surface area contributed by atoms with Crippen LogP contribution in [0.2, 0.25) is 0 Å². The smallest absolute Gasteiger partial charge is 0.157 e. The minimum absolute atomic E-state index is 0.348. The fourth-order valence-corrected chi connectivity index (χ4v) is 9.35. The Balaban J connectivity index is 1.04. The number of para-hydroxylation sites is 4. The Bertz CT molecular complexity index is 3330. The number of hydrogen-bond acceptors (Lipinski definition) is 5. The first-order valence-electron chi connectivity index (χ1n) is 21.4. The summed E-state index contributed by atoms with van der Waals surface area (Å²) in [5, 5.41) is 18.7. The summed E-state index contributed by atoms with van der Waals surface area (Å²) < 4.78 is 13.3. The standard InChI is InChI=1S/C57H43N3O2/c1-35(2)45-19-11-13-21-52(45)59(41-15-7-5-8-16-41)43-25-23-37-29-47-49-33-50-48-30-38-24-26-44(60(42-17-9-6-10-18-42)53-22-14-12-20-46(53)36(3)4)28-40(38)32-55(48)62-57(50)51(34-58)56(49)61-54(47)31-39(37)27-43/h5-33,35-36H,1-4H3. The van der Waals surface area contributed by atoms with E-state index >= 15 is 0 Å². The van der Waals surface area contributed by atoms with Crippen molar-refractivity contribution in [2.45, 2.75) is 39.5 Å². The maximum absolute atomic E-state index is 10.7. The molecule has 0 atom stereocenters. The molecule has 0 saturated carbocycles. The summed E-state index contributed by atoms with van der Waals surface area (Å²) in [7, 11) is 0. The molecule has 11 aromatic rings. The van der Waals surface area contributed by atoms with Gasteiger partial charge in [-0.25, -0.2) is 0 Å². The van der Waals surface area contributed by atoms with Crippen LogP contribution in [0.1, 0.15) is 56.2 Å². The van der Waals surface area contributed by atoms with E-state index in [-0.39, 0.29) is 0 Å². The molecule has 0 unspecified atom stereocenters. The van der Waals surface area contributed by atoms with Crippen LogP contribution < -0.4 is 9.80 Å². The highest BCUT2D eigenvalue weighted by Crippen LogP contribution is 2.45. The molecule has 0 spiro atoms. The first-order valence-corrected chi connectivity index (χ1v) is 21.4. The Morgan fingerprint density at radius 2 is 0.823 bits per heavy atom. The van der Waals surface area contributed by atoms with Crippen molar-refractivity contribution >= 4 is 99.5 Å². The average Bonchev–Trinajstić information content (AvgIpc) is 3.84. The minimum Gasteiger partial charge on any atom is -0.454 e. The van der Waals surface area contributed by atoms with Crippen molar-refractivity contribution in [1.82, 2.24) is 0 Å². The second kappa shape index (κ2) is 14.7. The zero-order valence-electron chi connectivity index (χ0n) is 35.1. The Morgan fingerprint density at radius 3 is 1.24 bits per heavy atom. The number of anilines is 6. The largest absolute Gasteiger partial charge is 0.454 e. The van der Waals surface area contributed by atoms with E-state index in [9.17, 15) is 5.26 Å². The number of furan rings is 2. The number of fused-ring (bicyclic) bond motifs is 8. The van der Waals surface area contributed by atoms with E-state index in [1.165, 1.54) is 11.1 Å². The van der Waals surface area contributed by atoms with Gasteiger partial charge in [-0.2, -0.15) is 5.26 Å². The van der Waals surface area contributed by atoms with E-state index < -0.39 is 0 Å². The lowest BCUT2D eigenvalue weighted by atomic mass is 9.98. The summed E-state index contributed by atoms with van der Waals surface area (Å²) in [5.74, 6) is 0.696. The van der Waals surface area contributed by atoms with E-state index in [1.807, 2.05) is 0 Å². The van der Waals surface area contributed by atoms with Gasteiger partial charge in [0, 0.05) is 55.7 Å². The number of nitrogens with zero attached hydrogens (tertiary/aromatic N) is 3. The van der Waals surface area contributed by atoms with Crippen molar-refractivity contribution in [1.29, 1.82) is 5.26 Å². The second-order valence-corrected chi connectivity index (χ2v) is 16.8. The van der Waals surface area contributed by atoms with Crippen LogP contribution in [0.3, 0.4) is 0 Å². The molecule has 2 aromatic heterocycles. The lowest BCUT2D eigenvalue weighted by Crippen LogP contribution is -2.12. The lowest BCUT2D eigenvalue weighted by molar-refractivity contribution is 0.654. The fourth-order valence-electron chi connectivity index (χ4n) is 9.35. The summed E-state index contributed by atoms with van der Waals surface area (Å²) in [6.07, 6.45) is 0. The summed E-state index contributed by atoms with van der Waals surface area (Å²) in [6.45, 7) is 8.95. The van der Waals surface area contributed by atoms with Gasteiger partial charge in [-0.3, -0.25) is 0 Å². The Labute approximate surface area is 360 Å². The number of benzene rings is 9. The molecule has 0 amide bonds. The highest BCUT2D eigenvalue weighted by molar-refractivity contribution is 6.20. The van der Waals surface area contributed by atoms with E-state index in [0.717, 1.165) is 88.4 Å². The molecule has 0 aliphatic rings. The van der Waals surface area contributed by atoms with Gasteiger partial charge >= 0.3 is 0 Å².